The molecule has 1 heterocycles. The van der Waals surface area contributed by atoms with Crippen LogP contribution in [0.5, 0.6) is 0 Å². The van der Waals surface area contributed by atoms with Crippen LogP contribution < -0.4 is 10.6 Å². The van der Waals surface area contributed by atoms with Crippen molar-refractivity contribution in [2.45, 2.75) is 0 Å². The van der Waals surface area contributed by atoms with Crippen molar-refractivity contribution in [3.63, 3.8) is 0 Å². The van der Waals surface area contributed by atoms with Gasteiger partial charge in [-0.1, -0.05) is 11.6 Å². The summed E-state index contributed by atoms with van der Waals surface area (Å²) in [7, 11) is 1.66. The van der Waals surface area contributed by atoms with Crippen LogP contribution in [-0.4, -0.2) is 17.0 Å². The fraction of sp³-hybridized carbons (Fsp3) is 0.0909. The van der Waals surface area contributed by atoms with E-state index in [2.05, 4.69) is 36.5 Å². The maximum Gasteiger partial charge on any atom is 0.224 e. The second kappa shape index (κ2) is 5.49. The van der Waals surface area contributed by atoms with Gasteiger partial charge in [0.15, 0.2) is 11.6 Å². The standard InChI is InChI=1S/C11H9BrClFN4/c1-15-11-16-5-9(14)10(18-11)17-6-2-3-8(13)7(12)4-6/h2-5H,1H3,(H2,15,16,17,18). The highest BCUT2D eigenvalue weighted by atomic mass is 79.9. The molecule has 7 heteroatoms. The van der Waals surface area contributed by atoms with E-state index in [1.54, 1.807) is 25.2 Å². The smallest absolute Gasteiger partial charge is 0.224 e. The largest absolute Gasteiger partial charge is 0.357 e. The Balaban J connectivity index is 2.30. The first-order valence-electron chi connectivity index (χ1n) is 5.02. The van der Waals surface area contributed by atoms with Crippen LogP contribution in [-0.2, 0) is 0 Å². The van der Waals surface area contributed by atoms with Crippen molar-refractivity contribution < 1.29 is 4.39 Å². The zero-order chi connectivity index (χ0) is 13.1. The SMILES string of the molecule is CNc1ncc(F)c(Nc2ccc(Cl)c(Br)c2)n1. The highest BCUT2D eigenvalue weighted by Crippen LogP contribution is 2.27. The highest BCUT2D eigenvalue weighted by molar-refractivity contribution is 9.10. The van der Waals surface area contributed by atoms with E-state index in [9.17, 15) is 4.39 Å². The summed E-state index contributed by atoms with van der Waals surface area (Å²) in [6.45, 7) is 0. The number of anilines is 3. The first-order chi connectivity index (χ1) is 8.60. The van der Waals surface area contributed by atoms with Gasteiger partial charge < -0.3 is 10.6 Å². The fourth-order valence-corrected chi connectivity index (χ4v) is 1.78. The Morgan fingerprint density at radius 2 is 2.17 bits per heavy atom. The van der Waals surface area contributed by atoms with Crippen LogP contribution in [0.15, 0.2) is 28.9 Å². The molecular formula is C11H9BrClFN4. The summed E-state index contributed by atoms with van der Waals surface area (Å²) in [5.74, 6) is -0.0874. The van der Waals surface area contributed by atoms with Crippen LogP contribution in [0.2, 0.25) is 5.02 Å². The molecule has 2 N–H and O–H groups in total. The van der Waals surface area contributed by atoms with E-state index in [1.165, 1.54) is 0 Å². The maximum absolute atomic E-state index is 13.5. The predicted molar refractivity (Wildman–Crippen MR) is 74.0 cm³/mol. The molecule has 1 aromatic heterocycles. The number of rotatable bonds is 3. The zero-order valence-corrected chi connectivity index (χ0v) is 11.7. The molecule has 0 radical (unpaired) electrons. The topological polar surface area (TPSA) is 49.8 Å². The third kappa shape index (κ3) is 2.88. The number of hydrogen-bond donors (Lipinski definition) is 2. The zero-order valence-electron chi connectivity index (χ0n) is 9.34. The van der Waals surface area contributed by atoms with Crippen molar-refractivity contribution in [2.24, 2.45) is 0 Å². The van der Waals surface area contributed by atoms with Gasteiger partial charge in [-0.25, -0.2) is 9.37 Å². The Morgan fingerprint density at radius 1 is 1.39 bits per heavy atom. The van der Waals surface area contributed by atoms with Crippen molar-refractivity contribution in [3.8, 4) is 0 Å². The summed E-state index contributed by atoms with van der Waals surface area (Å²) in [6.07, 6.45) is 1.10. The summed E-state index contributed by atoms with van der Waals surface area (Å²) >= 11 is 9.17. The van der Waals surface area contributed by atoms with Gasteiger partial charge in [0.2, 0.25) is 5.95 Å². The Labute approximate surface area is 117 Å². The molecule has 0 aliphatic carbocycles. The first kappa shape index (κ1) is 13.0. The normalized spacial score (nSPS) is 10.2. The van der Waals surface area contributed by atoms with Crippen LogP contribution in [0, 0.1) is 5.82 Å². The summed E-state index contributed by atoms with van der Waals surface area (Å²) in [6, 6.07) is 5.17. The van der Waals surface area contributed by atoms with Crippen LogP contribution in [0.3, 0.4) is 0 Å². The molecule has 0 fully saturated rings. The average Bonchev–Trinajstić information content (AvgIpc) is 2.36. The average molecular weight is 332 g/mol. The highest BCUT2D eigenvalue weighted by Gasteiger charge is 2.07. The molecule has 1 aromatic carbocycles. The lowest BCUT2D eigenvalue weighted by molar-refractivity contribution is 0.619. The summed E-state index contributed by atoms with van der Waals surface area (Å²) < 4.78 is 14.2. The quantitative estimate of drug-likeness (QED) is 0.898. The monoisotopic (exact) mass is 330 g/mol. The molecule has 2 rings (SSSR count). The van der Waals surface area contributed by atoms with Crippen molar-refractivity contribution in [3.05, 3.63) is 39.7 Å². The van der Waals surface area contributed by atoms with Gasteiger partial charge in [-0.3, -0.25) is 0 Å². The number of hydrogen-bond acceptors (Lipinski definition) is 4. The number of aromatic nitrogens is 2. The molecule has 0 aliphatic rings. The Kier molecular flexibility index (Phi) is 3.98. The second-order valence-electron chi connectivity index (χ2n) is 3.39. The minimum absolute atomic E-state index is 0.101. The van der Waals surface area contributed by atoms with Gasteiger partial charge in [-0.05, 0) is 34.1 Å². The van der Waals surface area contributed by atoms with Gasteiger partial charge in [0, 0.05) is 17.2 Å². The molecule has 4 nitrogen and oxygen atoms in total. The molecule has 0 amide bonds. The predicted octanol–water partition coefficient (Wildman–Crippen LogP) is 3.82. The molecule has 0 bridgehead atoms. The van der Waals surface area contributed by atoms with Gasteiger partial charge >= 0.3 is 0 Å². The second-order valence-corrected chi connectivity index (χ2v) is 4.66. The molecule has 0 unspecified atom stereocenters. The molecule has 0 aliphatic heterocycles. The lowest BCUT2D eigenvalue weighted by Crippen LogP contribution is -2.02. The third-order valence-electron chi connectivity index (χ3n) is 2.15. The summed E-state index contributed by atoms with van der Waals surface area (Å²) in [5, 5.41) is 6.18. The van der Waals surface area contributed by atoms with Gasteiger partial charge in [0.05, 0.1) is 11.2 Å². The molecule has 0 atom stereocenters. The molecule has 2 aromatic rings. The van der Waals surface area contributed by atoms with E-state index in [1.807, 2.05) is 0 Å². The lowest BCUT2D eigenvalue weighted by Gasteiger charge is -2.08. The fourth-order valence-electron chi connectivity index (χ4n) is 1.29. The lowest BCUT2D eigenvalue weighted by atomic mass is 10.3. The molecule has 18 heavy (non-hydrogen) atoms. The minimum atomic E-state index is -0.528. The number of halogens is 3. The van der Waals surface area contributed by atoms with E-state index in [0.29, 0.717) is 16.7 Å². The Hall–Kier alpha value is -1.40. The van der Waals surface area contributed by atoms with Crippen LogP contribution in [0.1, 0.15) is 0 Å². The van der Waals surface area contributed by atoms with Crippen LogP contribution in [0.25, 0.3) is 0 Å². The van der Waals surface area contributed by atoms with Gasteiger partial charge in [0.1, 0.15) is 0 Å². The van der Waals surface area contributed by atoms with E-state index in [4.69, 9.17) is 11.6 Å². The van der Waals surface area contributed by atoms with Crippen LogP contribution in [0.4, 0.5) is 21.8 Å². The van der Waals surface area contributed by atoms with E-state index in [-0.39, 0.29) is 5.82 Å². The molecule has 0 saturated heterocycles. The van der Waals surface area contributed by atoms with E-state index in [0.717, 1.165) is 10.7 Å². The minimum Gasteiger partial charge on any atom is -0.357 e. The molecule has 94 valence electrons. The van der Waals surface area contributed by atoms with Crippen molar-refractivity contribution >= 4 is 45.0 Å². The van der Waals surface area contributed by atoms with Gasteiger partial charge in [-0.15, -0.1) is 0 Å². The van der Waals surface area contributed by atoms with Crippen molar-refractivity contribution in [1.82, 2.24) is 9.97 Å². The Bertz CT molecular complexity index is 579. The van der Waals surface area contributed by atoms with E-state index >= 15 is 0 Å². The van der Waals surface area contributed by atoms with E-state index < -0.39 is 5.82 Å². The number of nitrogens with one attached hydrogen (secondary N) is 2. The molecule has 0 saturated carbocycles. The third-order valence-corrected chi connectivity index (χ3v) is 3.36. The molecular weight excluding hydrogens is 323 g/mol. The first-order valence-corrected chi connectivity index (χ1v) is 6.19. The van der Waals surface area contributed by atoms with Gasteiger partial charge in [-0.2, -0.15) is 4.98 Å². The maximum atomic E-state index is 13.5. The number of nitrogens with zero attached hydrogens (tertiary/aromatic N) is 2. The van der Waals surface area contributed by atoms with Crippen molar-refractivity contribution in [1.29, 1.82) is 0 Å². The van der Waals surface area contributed by atoms with Crippen LogP contribution >= 0.6 is 27.5 Å². The summed E-state index contributed by atoms with van der Waals surface area (Å²) in [4.78, 5) is 7.74. The summed E-state index contributed by atoms with van der Waals surface area (Å²) in [5.41, 5.74) is 0.672. The molecule has 0 spiro atoms. The van der Waals surface area contributed by atoms with Gasteiger partial charge in [0.25, 0.3) is 0 Å². The Morgan fingerprint density at radius 3 is 2.83 bits per heavy atom. The number of benzene rings is 1. The van der Waals surface area contributed by atoms with Crippen molar-refractivity contribution in [2.75, 3.05) is 17.7 Å².